The molecule has 3 aromatic rings. The molecule has 0 amide bonds. The Morgan fingerprint density at radius 1 is 1.10 bits per heavy atom. The van der Waals surface area contributed by atoms with Crippen LogP contribution in [0, 0.1) is 0 Å². The van der Waals surface area contributed by atoms with E-state index in [1.165, 1.54) is 0 Å². The molecule has 156 valence electrons. The number of anilines is 1. The van der Waals surface area contributed by atoms with Gasteiger partial charge in [-0.15, -0.1) is 0 Å². The van der Waals surface area contributed by atoms with Crippen molar-refractivity contribution >= 4 is 46.1 Å². The third-order valence-corrected chi connectivity index (χ3v) is 4.95. The van der Waals surface area contributed by atoms with Crippen molar-refractivity contribution in [3.63, 3.8) is 0 Å². The van der Waals surface area contributed by atoms with Crippen molar-refractivity contribution in [2.45, 2.75) is 12.8 Å². The van der Waals surface area contributed by atoms with Gasteiger partial charge in [0.2, 0.25) is 0 Å². The van der Waals surface area contributed by atoms with Gasteiger partial charge in [-0.3, -0.25) is 4.99 Å². The van der Waals surface area contributed by atoms with Crippen molar-refractivity contribution < 1.29 is 0 Å². The Bertz CT molecular complexity index is 1060. The predicted octanol–water partition coefficient (Wildman–Crippen LogP) is 4.89. The standard InChI is InChI=1S/C22H24Cl2N6/c1-26-13-10-20(25)27-11-4-5-12-28-21-17-6-2-3-7-19(17)29-22(30-21)16-9-8-15(23)14-18(16)24/h2-3,6-10,13-14,27H,4-5,11-12,25H2,1H3,(H,28,29,30)/b20-10+,26-13-. The van der Waals surface area contributed by atoms with Gasteiger partial charge in [0, 0.05) is 42.3 Å². The Hall–Kier alpha value is -2.83. The van der Waals surface area contributed by atoms with Crippen LogP contribution in [0.4, 0.5) is 5.82 Å². The molecule has 0 saturated carbocycles. The molecule has 0 unspecified atom stereocenters. The first-order chi connectivity index (χ1) is 14.6. The maximum atomic E-state index is 6.37. The smallest absolute Gasteiger partial charge is 0.163 e. The first kappa shape index (κ1) is 21.9. The molecule has 0 bridgehead atoms. The highest BCUT2D eigenvalue weighted by molar-refractivity contribution is 6.36. The number of nitrogens with one attached hydrogen (secondary N) is 2. The summed E-state index contributed by atoms with van der Waals surface area (Å²) in [6.45, 7) is 1.56. The van der Waals surface area contributed by atoms with Crippen LogP contribution in [0.15, 0.2) is 59.4 Å². The van der Waals surface area contributed by atoms with E-state index in [1.54, 1.807) is 31.5 Å². The molecule has 0 aliphatic rings. The molecule has 8 heteroatoms. The Labute approximate surface area is 186 Å². The van der Waals surface area contributed by atoms with Crippen LogP contribution >= 0.6 is 23.2 Å². The minimum Gasteiger partial charge on any atom is -0.385 e. The van der Waals surface area contributed by atoms with Crippen LogP contribution in [-0.4, -0.2) is 36.3 Å². The van der Waals surface area contributed by atoms with Crippen molar-refractivity contribution in [1.82, 2.24) is 15.3 Å². The lowest BCUT2D eigenvalue weighted by molar-refractivity contribution is 0.690. The molecule has 4 N–H and O–H groups in total. The Morgan fingerprint density at radius 3 is 2.70 bits per heavy atom. The van der Waals surface area contributed by atoms with Gasteiger partial charge in [-0.1, -0.05) is 35.3 Å². The second-order valence-electron chi connectivity index (χ2n) is 6.63. The van der Waals surface area contributed by atoms with Crippen LogP contribution in [0.25, 0.3) is 22.3 Å². The van der Waals surface area contributed by atoms with E-state index in [1.807, 2.05) is 30.3 Å². The van der Waals surface area contributed by atoms with Gasteiger partial charge in [0.05, 0.1) is 16.4 Å². The predicted molar refractivity (Wildman–Crippen MR) is 127 cm³/mol. The average molecular weight is 443 g/mol. The normalized spacial score (nSPS) is 11.9. The third kappa shape index (κ3) is 5.84. The number of halogens is 2. The molecule has 2 aromatic carbocycles. The lowest BCUT2D eigenvalue weighted by atomic mass is 10.1. The van der Waals surface area contributed by atoms with Crippen LogP contribution in [0.3, 0.4) is 0 Å². The molecule has 0 saturated heterocycles. The zero-order valence-electron chi connectivity index (χ0n) is 16.7. The summed E-state index contributed by atoms with van der Waals surface area (Å²) in [4.78, 5) is 13.3. The van der Waals surface area contributed by atoms with Gasteiger partial charge >= 0.3 is 0 Å². The number of nitrogens with two attached hydrogens (primary N) is 1. The van der Waals surface area contributed by atoms with Crippen LogP contribution in [0.1, 0.15) is 12.8 Å². The molecule has 0 atom stereocenters. The number of para-hydroxylation sites is 1. The molecule has 0 aliphatic carbocycles. The number of allylic oxidation sites excluding steroid dienone is 1. The molecule has 3 rings (SSSR count). The molecule has 30 heavy (non-hydrogen) atoms. The second-order valence-corrected chi connectivity index (χ2v) is 7.47. The van der Waals surface area contributed by atoms with Gasteiger partial charge in [-0.05, 0) is 49.2 Å². The van der Waals surface area contributed by atoms with Crippen LogP contribution in [0.2, 0.25) is 10.0 Å². The number of nitrogens with zero attached hydrogens (tertiary/aromatic N) is 3. The molecular weight excluding hydrogens is 419 g/mol. The van der Waals surface area contributed by atoms with Gasteiger partial charge in [0.25, 0.3) is 0 Å². The minimum atomic E-state index is 0.522. The van der Waals surface area contributed by atoms with E-state index < -0.39 is 0 Å². The maximum absolute atomic E-state index is 6.37. The van der Waals surface area contributed by atoms with E-state index >= 15 is 0 Å². The lowest BCUT2D eigenvalue weighted by Crippen LogP contribution is -2.21. The molecule has 0 fully saturated rings. The average Bonchev–Trinajstić information content (AvgIpc) is 2.74. The number of benzene rings is 2. The minimum absolute atomic E-state index is 0.522. The number of aliphatic imine (C=N–C) groups is 1. The second kappa shape index (κ2) is 10.8. The summed E-state index contributed by atoms with van der Waals surface area (Å²) in [7, 11) is 1.71. The van der Waals surface area contributed by atoms with Crippen molar-refractivity contribution in [1.29, 1.82) is 0 Å². The van der Waals surface area contributed by atoms with Gasteiger partial charge in [-0.25, -0.2) is 9.97 Å². The Kier molecular flexibility index (Phi) is 7.88. The fourth-order valence-electron chi connectivity index (χ4n) is 2.91. The molecular formula is C22H24Cl2N6. The van der Waals surface area contributed by atoms with E-state index in [4.69, 9.17) is 33.9 Å². The van der Waals surface area contributed by atoms with Crippen molar-refractivity contribution in [3.8, 4) is 11.4 Å². The zero-order valence-corrected chi connectivity index (χ0v) is 18.2. The third-order valence-electron chi connectivity index (χ3n) is 4.40. The molecule has 1 heterocycles. The summed E-state index contributed by atoms with van der Waals surface area (Å²) in [5.41, 5.74) is 7.43. The summed E-state index contributed by atoms with van der Waals surface area (Å²) in [5, 5.41) is 8.66. The quantitative estimate of drug-likeness (QED) is 0.324. The molecule has 1 aromatic heterocycles. The number of hydrogen-bond acceptors (Lipinski definition) is 6. The summed E-state index contributed by atoms with van der Waals surface area (Å²) in [6.07, 6.45) is 5.32. The van der Waals surface area contributed by atoms with Gasteiger partial charge in [0.1, 0.15) is 5.82 Å². The number of hydrogen-bond donors (Lipinski definition) is 3. The summed E-state index contributed by atoms with van der Waals surface area (Å²) >= 11 is 12.4. The SMILES string of the molecule is C/N=C\C=C(/N)NCCCCNc1nc(-c2ccc(Cl)cc2Cl)nc2ccccc12. The number of unbranched alkanes of at least 4 members (excludes halogenated alkanes) is 1. The maximum Gasteiger partial charge on any atom is 0.163 e. The highest BCUT2D eigenvalue weighted by Crippen LogP contribution is 2.31. The first-order valence-corrected chi connectivity index (χ1v) is 10.4. The van der Waals surface area contributed by atoms with Gasteiger partial charge in [0.15, 0.2) is 5.82 Å². The molecule has 6 nitrogen and oxygen atoms in total. The fraction of sp³-hybridized carbons (Fsp3) is 0.227. The van der Waals surface area contributed by atoms with Crippen LogP contribution in [0.5, 0.6) is 0 Å². The van der Waals surface area contributed by atoms with Crippen molar-refractivity contribution in [2.24, 2.45) is 10.7 Å². The highest BCUT2D eigenvalue weighted by atomic mass is 35.5. The van der Waals surface area contributed by atoms with Crippen LogP contribution < -0.4 is 16.4 Å². The molecule has 0 spiro atoms. The fourth-order valence-corrected chi connectivity index (χ4v) is 3.40. The summed E-state index contributed by atoms with van der Waals surface area (Å²) in [5.74, 6) is 1.96. The Balaban J connectivity index is 1.69. The zero-order chi connectivity index (χ0) is 21.3. The van der Waals surface area contributed by atoms with Gasteiger partial charge in [-0.2, -0.15) is 0 Å². The van der Waals surface area contributed by atoms with E-state index in [0.717, 1.165) is 48.2 Å². The monoisotopic (exact) mass is 442 g/mol. The molecule has 0 radical (unpaired) electrons. The molecule has 0 aliphatic heterocycles. The highest BCUT2D eigenvalue weighted by Gasteiger charge is 2.12. The number of aromatic nitrogens is 2. The van der Waals surface area contributed by atoms with Gasteiger partial charge < -0.3 is 16.4 Å². The lowest BCUT2D eigenvalue weighted by Gasteiger charge is -2.12. The number of rotatable bonds is 9. The number of fused-ring (bicyclic) bond motifs is 1. The largest absolute Gasteiger partial charge is 0.385 e. The first-order valence-electron chi connectivity index (χ1n) is 9.66. The van der Waals surface area contributed by atoms with E-state index in [2.05, 4.69) is 20.6 Å². The summed E-state index contributed by atoms with van der Waals surface area (Å²) in [6, 6.07) is 13.2. The van der Waals surface area contributed by atoms with E-state index in [-0.39, 0.29) is 0 Å². The van der Waals surface area contributed by atoms with Crippen molar-refractivity contribution in [2.75, 3.05) is 25.5 Å². The van der Waals surface area contributed by atoms with Crippen molar-refractivity contribution in [3.05, 3.63) is 64.4 Å². The van der Waals surface area contributed by atoms with Crippen LogP contribution in [-0.2, 0) is 0 Å². The van der Waals surface area contributed by atoms with E-state index in [0.29, 0.717) is 21.7 Å². The topological polar surface area (TPSA) is 88.2 Å². The van der Waals surface area contributed by atoms with E-state index in [9.17, 15) is 0 Å². The summed E-state index contributed by atoms with van der Waals surface area (Å²) < 4.78 is 0. The Morgan fingerprint density at radius 2 is 1.90 bits per heavy atom.